The molecule has 0 aliphatic heterocycles. The molecule has 4 rings (SSSR count). The number of anilines is 1. The van der Waals surface area contributed by atoms with E-state index in [0.717, 1.165) is 53.5 Å². The highest BCUT2D eigenvalue weighted by Crippen LogP contribution is 2.40. The van der Waals surface area contributed by atoms with E-state index in [1.165, 1.54) is 27.4 Å². The Morgan fingerprint density at radius 3 is 2.45 bits per heavy atom. The minimum absolute atomic E-state index is 0.134. The number of methoxy groups -OCH3 is 3. The first kappa shape index (κ1) is 22.4. The van der Waals surface area contributed by atoms with Crippen LogP contribution in [0.4, 0.5) is 5.69 Å². The standard InChI is InChI=1S/C25H26N2O6/c1-30-20-13-12-17(23(31-2)24(20)32-3)25(29)33-14-21(28)27-22-15-8-4-6-10-18(15)26-19-11-7-5-9-16(19)22/h4,6,8,10,12-13H,5,7,9,11,14H2,1-3H3,(H,26,27,28). The maximum Gasteiger partial charge on any atom is 0.342 e. The number of pyridine rings is 1. The summed E-state index contributed by atoms with van der Waals surface area (Å²) in [6, 6.07) is 10.8. The second-order valence-electron chi connectivity index (χ2n) is 7.64. The molecule has 2 aromatic carbocycles. The van der Waals surface area contributed by atoms with Gasteiger partial charge in [0.1, 0.15) is 5.56 Å². The van der Waals surface area contributed by atoms with Gasteiger partial charge in [0.15, 0.2) is 18.1 Å². The van der Waals surface area contributed by atoms with Crippen molar-refractivity contribution < 1.29 is 28.5 Å². The number of hydrogen-bond acceptors (Lipinski definition) is 7. The molecule has 1 heterocycles. The number of aryl methyl sites for hydroxylation is 1. The lowest BCUT2D eigenvalue weighted by atomic mass is 9.92. The van der Waals surface area contributed by atoms with Gasteiger partial charge in [0.05, 0.1) is 32.5 Å². The van der Waals surface area contributed by atoms with Gasteiger partial charge in [0.2, 0.25) is 5.75 Å². The van der Waals surface area contributed by atoms with E-state index in [-0.39, 0.29) is 17.1 Å². The van der Waals surface area contributed by atoms with Gasteiger partial charge in [-0.05, 0) is 49.4 Å². The minimum atomic E-state index is -0.704. The first-order valence-corrected chi connectivity index (χ1v) is 10.7. The number of rotatable bonds is 7. The Kier molecular flexibility index (Phi) is 6.63. The molecule has 1 N–H and O–H groups in total. The van der Waals surface area contributed by atoms with Crippen LogP contribution in [0.3, 0.4) is 0 Å². The lowest BCUT2D eigenvalue weighted by Gasteiger charge is -2.21. The zero-order valence-corrected chi connectivity index (χ0v) is 18.9. The van der Waals surface area contributed by atoms with E-state index in [1.807, 2.05) is 24.3 Å². The molecule has 0 saturated heterocycles. The summed E-state index contributed by atoms with van der Waals surface area (Å²) in [5, 5.41) is 3.83. The molecule has 172 valence electrons. The number of carbonyl (C=O) groups excluding carboxylic acids is 2. The van der Waals surface area contributed by atoms with E-state index >= 15 is 0 Å². The van der Waals surface area contributed by atoms with Crippen molar-refractivity contribution in [1.82, 2.24) is 4.98 Å². The zero-order chi connectivity index (χ0) is 23.4. The molecule has 33 heavy (non-hydrogen) atoms. The van der Waals surface area contributed by atoms with Crippen molar-refractivity contribution in [3.63, 3.8) is 0 Å². The van der Waals surface area contributed by atoms with Crippen LogP contribution in [0.15, 0.2) is 36.4 Å². The van der Waals surface area contributed by atoms with E-state index in [9.17, 15) is 9.59 Å². The Morgan fingerprint density at radius 1 is 0.939 bits per heavy atom. The van der Waals surface area contributed by atoms with Gasteiger partial charge in [0, 0.05) is 11.1 Å². The largest absolute Gasteiger partial charge is 0.493 e. The van der Waals surface area contributed by atoms with Crippen molar-refractivity contribution in [2.24, 2.45) is 0 Å². The Hall–Kier alpha value is -3.81. The molecular formula is C25H26N2O6. The molecule has 0 unspecified atom stereocenters. The van der Waals surface area contributed by atoms with Crippen LogP contribution in [0.5, 0.6) is 17.2 Å². The second kappa shape index (κ2) is 9.77. The Balaban J connectivity index is 1.53. The van der Waals surface area contributed by atoms with Gasteiger partial charge in [-0.3, -0.25) is 9.78 Å². The van der Waals surface area contributed by atoms with Crippen molar-refractivity contribution in [3.8, 4) is 17.2 Å². The Bertz CT molecular complexity index is 1210. The van der Waals surface area contributed by atoms with Crippen LogP contribution in [0.25, 0.3) is 10.9 Å². The Morgan fingerprint density at radius 2 is 1.70 bits per heavy atom. The normalized spacial score (nSPS) is 12.6. The van der Waals surface area contributed by atoms with Crippen molar-refractivity contribution in [1.29, 1.82) is 0 Å². The quantitative estimate of drug-likeness (QED) is 0.545. The molecule has 1 aliphatic rings. The predicted octanol–water partition coefficient (Wildman–Crippen LogP) is 3.93. The average molecular weight is 450 g/mol. The fourth-order valence-corrected chi connectivity index (χ4v) is 4.16. The fraction of sp³-hybridized carbons (Fsp3) is 0.320. The van der Waals surface area contributed by atoms with Crippen molar-refractivity contribution in [2.75, 3.05) is 33.3 Å². The smallest absolute Gasteiger partial charge is 0.342 e. The monoisotopic (exact) mass is 450 g/mol. The van der Waals surface area contributed by atoms with Gasteiger partial charge in [-0.25, -0.2) is 4.79 Å². The Labute approximate surface area is 191 Å². The van der Waals surface area contributed by atoms with Gasteiger partial charge < -0.3 is 24.3 Å². The highest BCUT2D eigenvalue weighted by atomic mass is 16.5. The first-order chi connectivity index (χ1) is 16.1. The van der Waals surface area contributed by atoms with E-state index in [2.05, 4.69) is 5.32 Å². The number of carbonyl (C=O) groups is 2. The van der Waals surface area contributed by atoms with Crippen LogP contribution in [0.1, 0.15) is 34.5 Å². The summed E-state index contributed by atoms with van der Waals surface area (Å²) >= 11 is 0. The SMILES string of the molecule is COc1ccc(C(=O)OCC(=O)Nc2c3c(nc4ccccc24)CCCC3)c(OC)c1OC. The second-order valence-corrected chi connectivity index (χ2v) is 7.64. The van der Waals surface area contributed by atoms with Crippen molar-refractivity contribution in [3.05, 3.63) is 53.2 Å². The third-order valence-corrected chi connectivity index (χ3v) is 5.69. The van der Waals surface area contributed by atoms with Gasteiger partial charge in [-0.15, -0.1) is 0 Å². The number of esters is 1. The molecule has 8 nitrogen and oxygen atoms in total. The molecule has 0 atom stereocenters. The molecule has 0 bridgehead atoms. The summed E-state index contributed by atoms with van der Waals surface area (Å²) < 4.78 is 21.2. The van der Waals surface area contributed by atoms with Crippen molar-refractivity contribution in [2.45, 2.75) is 25.7 Å². The lowest BCUT2D eigenvalue weighted by Crippen LogP contribution is -2.23. The number of aromatic nitrogens is 1. The summed E-state index contributed by atoms with van der Waals surface area (Å²) in [7, 11) is 4.35. The fourth-order valence-electron chi connectivity index (χ4n) is 4.16. The molecule has 1 amide bonds. The van der Waals surface area contributed by atoms with Gasteiger partial charge in [-0.2, -0.15) is 0 Å². The van der Waals surface area contributed by atoms with Gasteiger partial charge in [0.25, 0.3) is 5.91 Å². The predicted molar refractivity (Wildman–Crippen MR) is 123 cm³/mol. The van der Waals surface area contributed by atoms with Crippen LogP contribution in [-0.4, -0.2) is 44.8 Å². The van der Waals surface area contributed by atoms with E-state index in [4.69, 9.17) is 23.9 Å². The summed E-state index contributed by atoms with van der Waals surface area (Å²) in [4.78, 5) is 30.3. The molecule has 0 spiro atoms. The number of amides is 1. The van der Waals surface area contributed by atoms with Crippen LogP contribution in [0, 0.1) is 0 Å². The van der Waals surface area contributed by atoms with Crippen LogP contribution in [0.2, 0.25) is 0 Å². The third kappa shape index (κ3) is 4.41. The number of ether oxygens (including phenoxy) is 4. The molecule has 8 heteroatoms. The van der Waals surface area contributed by atoms with Crippen molar-refractivity contribution >= 4 is 28.5 Å². The zero-order valence-electron chi connectivity index (χ0n) is 18.9. The number of nitrogens with zero attached hydrogens (tertiary/aromatic N) is 1. The maximum atomic E-state index is 12.8. The molecule has 0 saturated carbocycles. The first-order valence-electron chi connectivity index (χ1n) is 10.7. The molecule has 0 fully saturated rings. The summed E-state index contributed by atoms with van der Waals surface area (Å²) in [6.07, 6.45) is 3.86. The molecule has 3 aromatic rings. The topological polar surface area (TPSA) is 96.0 Å². The van der Waals surface area contributed by atoms with Gasteiger partial charge >= 0.3 is 5.97 Å². The van der Waals surface area contributed by atoms with E-state index < -0.39 is 18.5 Å². The highest BCUT2D eigenvalue weighted by Gasteiger charge is 2.23. The number of hydrogen-bond donors (Lipinski definition) is 1. The molecular weight excluding hydrogens is 424 g/mol. The summed E-state index contributed by atoms with van der Waals surface area (Å²) in [6.45, 7) is -0.443. The number of benzene rings is 2. The highest BCUT2D eigenvalue weighted by molar-refractivity contribution is 6.04. The number of para-hydroxylation sites is 1. The number of fused-ring (bicyclic) bond motifs is 2. The summed E-state index contributed by atoms with van der Waals surface area (Å²) in [5.74, 6) is -0.264. The van der Waals surface area contributed by atoms with E-state index in [1.54, 1.807) is 6.07 Å². The van der Waals surface area contributed by atoms with E-state index in [0.29, 0.717) is 5.75 Å². The molecule has 1 aliphatic carbocycles. The van der Waals surface area contributed by atoms with Crippen LogP contribution in [-0.2, 0) is 22.4 Å². The molecule has 0 radical (unpaired) electrons. The van der Waals surface area contributed by atoms with Crippen LogP contribution >= 0.6 is 0 Å². The summed E-state index contributed by atoms with van der Waals surface area (Å²) in [5.41, 5.74) is 3.79. The third-order valence-electron chi connectivity index (χ3n) is 5.69. The molecule has 1 aromatic heterocycles. The number of nitrogens with one attached hydrogen (secondary N) is 1. The maximum absolute atomic E-state index is 12.8. The average Bonchev–Trinajstić information content (AvgIpc) is 2.85. The lowest BCUT2D eigenvalue weighted by molar-refractivity contribution is -0.119. The van der Waals surface area contributed by atoms with Gasteiger partial charge in [-0.1, -0.05) is 18.2 Å². The van der Waals surface area contributed by atoms with Crippen LogP contribution < -0.4 is 19.5 Å². The minimum Gasteiger partial charge on any atom is -0.493 e.